The number of amides is 3. The van der Waals surface area contributed by atoms with Crippen LogP contribution in [0.2, 0.25) is 0 Å². The number of rotatable bonds is 7. The number of carbonyl (C=O) groups is 3. The number of benzene rings is 2. The molecule has 1 aliphatic rings. The van der Waals surface area contributed by atoms with Crippen molar-refractivity contribution in [2.24, 2.45) is 5.10 Å². The van der Waals surface area contributed by atoms with Crippen LogP contribution in [0.15, 0.2) is 78.0 Å². The second-order valence-electron chi connectivity index (χ2n) is 7.59. The quantitative estimate of drug-likeness (QED) is 0.560. The second kappa shape index (κ2) is 10.5. The zero-order valence-corrected chi connectivity index (χ0v) is 18.2. The van der Waals surface area contributed by atoms with E-state index in [9.17, 15) is 18.8 Å². The Bertz CT molecular complexity index is 1230. The third kappa shape index (κ3) is 5.69. The predicted octanol–water partition coefficient (Wildman–Crippen LogP) is 3.83. The number of carbonyl (C=O) groups excluding carboxylic acids is 3. The highest BCUT2D eigenvalue weighted by atomic mass is 19.1. The summed E-state index contributed by atoms with van der Waals surface area (Å²) in [6.07, 6.45) is 1.95. The summed E-state index contributed by atoms with van der Waals surface area (Å²) in [4.78, 5) is 41.3. The van der Waals surface area contributed by atoms with Crippen molar-refractivity contribution in [2.75, 3.05) is 17.2 Å². The number of hydrogen-bond donors (Lipinski definition) is 2. The molecule has 3 aromatic rings. The molecule has 8 nitrogen and oxygen atoms in total. The summed E-state index contributed by atoms with van der Waals surface area (Å²) in [6.45, 7) is 0.457. The SMILES string of the molecule is O=C(CCC(=O)N1CCC(c2ccccc2)=N1)Nc1cc(F)ccc1NC(=O)c1ccccn1. The topological polar surface area (TPSA) is 104 Å². The van der Waals surface area contributed by atoms with Gasteiger partial charge in [-0.15, -0.1) is 0 Å². The fraction of sp³-hybridized carbons (Fsp3) is 0.160. The van der Waals surface area contributed by atoms with Crippen LogP contribution < -0.4 is 10.6 Å². The molecule has 2 N–H and O–H groups in total. The van der Waals surface area contributed by atoms with E-state index in [0.29, 0.717) is 13.0 Å². The summed E-state index contributed by atoms with van der Waals surface area (Å²) >= 11 is 0. The molecule has 0 saturated heterocycles. The number of nitrogens with one attached hydrogen (secondary N) is 2. The zero-order valence-electron chi connectivity index (χ0n) is 18.2. The first kappa shape index (κ1) is 22.8. The van der Waals surface area contributed by atoms with Crippen molar-refractivity contribution in [3.05, 3.63) is 90.0 Å². The number of hydrazone groups is 1. The van der Waals surface area contributed by atoms with Crippen molar-refractivity contribution in [1.29, 1.82) is 0 Å². The molecule has 4 rings (SSSR count). The number of anilines is 2. The van der Waals surface area contributed by atoms with E-state index in [1.54, 1.807) is 12.1 Å². The predicted molar refractivity (Wildman–Crippen MR) is 126 cm³/mol. The van der Waals surface area contributed by atoms with Gasteiger partial charge in [0.1, 0.15) is 11.5 Å². The lowest BCUT2D eigenvalue weighted by Gasteiger charge is -2.13. The van der Waals surface area contributed by atoms with E-state index in [1.807, 2.05) is 30.3 Å². The van der Waals surface area contributed by atoms with Crippen LogP contribution in [0.25, 0.3) is 0 Å². The fourth-order valence-electron chi connectivity index (χ4n) is 3.45. The molecule has 0 bridgehead atoms. The van der Waals surface area contributed by atoms with Gasteiger partial charge in [0.05, 0.1) is 23.6 Å². The van der Waals surface area contributed by atoms with Crippen molar-refractivity contribution in [3.63, 3.8) is 0 Å². The molecule has 9 heteroatoms. The number of aromatic nitrogens is 1. The highest BCUT2D eigenvalue weighted by molar-refractivity contribution is 6.06. The summed E-state index contributed by atoms with van der Waals surface area (Å²) in [5.74, 6) is -1.84. The van der Waals surface area contributed by atoms with E-state index < -0.39 is 17.6 Å². The zero-order chi connectivity index (χ0) is 23.9. The summed E-state index contributed by atoms with van der Waals surface area (Å²) in [5, 5.41) is 10.9. The largest absolute Gasteiger partial charge is 0.324 e. The maximum Gasteiger partial charge on any atom is 0.274 e. The van der Waals surface area contributed by atoms with Crippen molar-refractivity contribution in [2.45, 2.75) is 19.3 Å². The number of pyridine rings is 1. The Morgan fingerprint density at radius 3 is 2.47 bits per heavy atom. The van der Waals surface area contributed by atoms with Crippen LogP contribution in [-0.4, -0.2) is 40.0 Å². The van der Waals surface area contributed by atoms with E-state index in [1.165, 1.54) is 29.4 Å². The summed E-state index contributed by atoms with van der Waals surface area (Å²) < 4.78 is 13.8. The Morgan fingerprint density at radius 2 is 1.71 bits per heavy atom. The molecule has 1 aromatic heterocycles. The summed E-state index contributed by atoms with van der Waals surface area (Å²) in [7, 11) is 0. The molecule has 172 valence electrons. The molecule has 0 fully saturated rings. The minimum atomic E-state index is -0.581. The third-order valence-corrected chi connectivity index (χ3v) is 5.16. The first-order chi connectivity index (χ1) is 16.5. The van der Waals surface area contributed by atoms with E-state index in [-0.39, 0.29) is 35.8 Å². The molecule has 34 heavy (non-hydrogen) atoms. The molecular formula is C25H22FN5O3. The van der Waals surface area contributed by atoms with Crippen LogP contribution in [0.4, 0.5) is 15.8 Å². The third-order valence-electron chi connectivity index (χ3n) is 5.16. The molecule has 2 aromatic carbocycles. The molecule has 0 atom stereocenters. The van der Waals surface area contributed by atoms with Crippen molar-refractivity contribution < 1.29 is 18.8 Å². The van der Waals surface area contributed by atoms with E-state index >= 15 is 0 Å². The Labute approximate surface area is 195 Å². The lowest BCUT2D eigenvalue weighted by molar-refractivity contribution is -0.132. The van der Waals surface area contributed by atoms with Crippen LogP contribution in [0.1, 0.15) is 35.3 Å². The lowest BCUT2D eigenvalue weighted by atomic mass is 10.1. The van der Waals surface area contributed by atoms with Crippen LogP contribution in [0.3, 0.4) is 0 Å². The van der Waals surface area contributed by atoms with Crippen molar-refractivity contribution in [1.82, 2.24) is 9.99 Å². The molecule has 0 spiro atoms. The van der Waals surface area contributed by atoms with Gasteiger partial charge in [0.15, 0.2) is 0 Å². The van der Waals surface area contributed by atoms with Gasteiger partial charge in [0.25, 0.3) is 5.91 Å². The van der Waals surface area contributed by atoms with Gasteiger partial charge in [-0.3, -0.25) is 19.4 Å². The van der Waals surface area contributed by atoms with E-state index in [0.717, 1.165) is 17.3 Å². The Balaban J connectivity index is 1.35. The minimum Gasteiger partial charge on any atom is -0.324 e. The average molecular weight is 459 g/mol. The molecule has 2 heterocycles. The van der Waals surface area contributed by atoms with Crippen molar-refractivity contribution in [3.8, 4) is 0 Å². The van der Waals surface area contributed by atoms with Crippen LogP contribution in [0, 0.1) is 5.82 Å². The smallest absolute Gasteiger partial charge is 0.274 e. The van der Waals surface area contributed by atoms with Gasteiger partial charge in [-0.05, 0) is 35.9 Å². The van der Waals surface area contributed by atoms with Crippen molar-refractivity contribution >= 4 is 34.8 Å². The van der Waals surface area contributed by atoms with Crippen LogP contribution in [-0.2, 0) is 9.59 Å². The van der Waals surface area contributed by atoms with Gasteiger partial charge in [-0.2, -0.15) is 5.10 Å². The number of halogens is 1. The average Bonchev–Trinajstić information content (AvgIpc) is 3.36. The fourth-order valence-corrected chi connectivity index (χ4v) is 3.45. The lowest BCUT2D eigenvalue weighted by Crippen LogP contribution is -2.25. The highest BCUT2D eigenvalue weighted by Crippen LogP contribution is 2.24. The highest BCUT2D eigenvalue weighted by Gasteiger charge is 2.22. The van der Waals surface area contributed by atoms with Crippen LogP contribution in [0.5, 0.6) is 0 Å². The first-order valence-corrected chi connectivity index (χ1v) is 10.7. The Kier molecular flexibility index (Phi) is 7.02. The van der Waals surface area contributed by atoms with Crippen LogP contribution >= 0.6 is 0 Å². The molecule has 1 aliphatic heterocycles. The monoisotopic (exact) mass is 459 g/mol. The summed E-state index contributed by atoms with van der Waals surface area (Å²) in [6, 6.07) is 18.1. The first-order valence-electron chi connectivity index (χ1n) is 10.7. The van der Waals surface area contributed by atoms with E-state index in [4.69, 9.17) is 0 Å². The molecular weight excluding hydrogens is 437 g/mol. The van der Waals surface area contributed by atoms with Gasteiger partial charge >= 0.3 is 0 Å². The molecule has 0 radical (unpaired) electrons. The molecule has 0 saturated carbocycles. The minimum absolute atomic E-state index is 0.0532. The number of nitrogens with zero attached hydrogens (tertiary/aromatic N) is 3. The Hall–Kier alpha value is -4.40. The van der Waals surface area contributed by atoms with Gasteiger partial charge in [-0.25, -0.2) is 9.40 Å². The second-order valence-corrected chi connectivity index (χ2v) is 7.59. The normalized spacial score (nSPS) is 12.7. The maximum atomic E-state index is 13.8. The van der Waals surface area contributed by atoms with Gasteiger partial charge < -0.3 is 10.6 Å². The van der Waals surface area contributed by atoms with E-state index in [2.05, 4.69) is 20.7 Å². The molecule has 3 amide bonds. The number of hydrogen-bond acceptors (Lipinski definition) is 5. The van der Waals surface area contributed by atoms with Gasteiger partial charge in [-0.1, -0.05) is 36.4 Å². The summed E-state index contributed by atoms with van der Waals surface area (Å²) in [5.41, 5.74) is 2.27. The molecule has 0 aliphatic carbocycles. The molecule has 0 unspecified atom stereocenters. The Morgan fingerprint density at radius 1 is 0.912 bits per heavy atom. The van der Waals surface area contributed by atoms with Gasteiger partial charge in [0.2, 0.25) is 11.8 Å². The van der Waals surface area contributed by atoms with Gasteiger partial charge in [0, 0.05) is 25.5 Å². The standard InChI is InChI=1S/C25H22FN5O3/c26-18-9-10-20(29-25(34)21-8-4-5-14-27-21)22(16-18)28-23(32)11-12-24(33)31-15-13-19(30-31)17-6-2-1-3-7-17/h1-10,14,16H,11-13,15H2,(H,28,32)(H,29,34). The maximum absolute atomic E-state index is 13.8.